The van der Waals surface area contributed by atoms with Crippen LogP contribution in [0.15, 0.2) is 23.1 Å². The van der Waals surface area contributed by atoms with Crippen molar-refractivity contribution in [3.05, 3.63) is 34.4 Å². The van der Waals surface area contributed by atoms with Gasteiger partial charge >= 0.3 is 0 Å². The van der Waals surface area contributed by atoms with Gasteiger partial charge in [0.25, 0.3) is 0 Å². The highest BCUT2D eigenvalue weighted by Crippen LogP contribution is 2.41. The Kier molecular flexibility index (Phi) is 3.07. The summed E-state index contributed by atoms with van der Waals surface area (Å²) in [5.41, 5.74) is 0.953. The number of hydrogen-bond acceptors (Lipinski definition) is 4. The van der Waals surface area contributed by atoms with Gasteiger partial charge in [-0.05, 0) is 13.0 Å². The van der Waals surface area contributed by atoms with Crippen LogP contribution in [0, 0.1) is 5.82 Å². The van der Waals surface area contributed by atoms with Crippen molar-refractivity contribution in [3.8, 4) is 5.75 Å². The van der Waals surface area contributed by atoms with Gasteiger partial charge in [0.05, 0.1) is 30.2 Å². The lowest BCUT2D eigenvalue weighted by Crippen LogP contribution is -2.37. The molecule has 1 atom stereocenters. The molecule has 0 spiro atoms. The lowest BCUT2D eigenvalue weighted by atomic mass is 10.1. The highest BCUT2D eigenvalue weighted by molar-refractivity contribution is 5.91. The minimum absolute atomic E-state index is 0.110. The van der Waals surface area contributed by atoms with Crippen molar-refractivity contribution in [2.45, 2.75) is 13.0 Å². The molecule has 0 radical (unpaired) electrons. The summed E-state index contributed by atoms with van der Waals surface area (Å²) < 4.78 is 27.9. The zero-order chi connectivity index (χ0) is 15.3. The maximum Gasteiger partial charge on any atom is 0.189 e. The molecule has 0 bridgehead atoms. The normalized spacial score (nSPS) is 21.0. The summed E-state index contributed by atoms with van der Waals surface area (Å²) in [5, 5.41) is 0.374. The van der Waals surface area contributed by atoms with E-state index in [2.05, 4.69) is 0 Å². The van der Waals surface area contributed by atoms with Crippen LogP contribution in [0.5, 0.6) is 5.75 Å². The maximum atomic E-state index is 14.7. The number of hydrogen-bond donors (Lipinski definition) is 0. The molecule has 5 nitrogen and oxygen atoms in total. The van der Waals surface area contributed by atoms with Crippen LogP contribution in [0.1, 0.15) is 13.0 Å². The minimum atomic E-state index is -0.409. The molecule has 1 aromatic heterocycles. The van der Waals surface area contributed by atoms with Crippen LogP contribution in [0.3, 0.4) is 0 Å². The van der Waals surface area contributed by atoms with Gasteiger partial charge < -0.3 is 18.9 Å². The molecule has 0 saturated carbocycles. The fourth-order valence-corrected chi connectivity index (χ4v) is 3.23. The molecule has 116 valence electrons. The molecule has 0 amide bonds. The largest absolute Gasteiger partial charge is 0.487 e. The van der Waals surface area contributed by atoms with Gasteiger partial charge in [0.1, 0.15) is 12.3 Å². The first-order valence-corrected chi connectivity index (χ1v) is 7.49. The van der Waals surface area contributed by atoms with Crippen molar-refractivity contribution >= 4 is 16.6 Å². The highest BCUT2D eigenvalue weighted by Gasteiger charge is 2.28. The zero-order valence-electron chi connectivity index (χ0n) is 12.3. The van der Waals surface area contributed by atoms with E-state index >= 15 is 0 Å². The highest BCUT2D eigenvalue weighted by atomic mass is 19.1. The Bertz CT molecular complexity index is 796. The molecular weight excluding hydrogens is 287 g/mol. The molecular formula is C16H17FN2O3. The quantitative estimate of drug-likeness (QED) is 0.807. The topological polar surface area (TPSA) is 43.7 Å². The summed E-state index contributed by atoms with van der Waals surface area (Å²) in [6.07, 6.45) is 1.77. The molecule has 4 rings (SSSR count). The van der Waals surface area contributed by atoms with Crippen molar-refractivity contribution in [2.75, 3.05) is 37.8 Å². The first-order chi connectivity index (χ1) is 10.7. The smallest absolute Gasteiger partial charge is 0.189 e. The SMILES string of the molecule is CC1COc2c(N3CCOCC3)c(F)cc3c(=O)ccn1c23. The molecule has 1 unspecified atom stereocenters. The van der Waals surface area contributed by atoms with Crippen LogP contribution >= 0.6 is 0 Å². The van der Waals surface area contributed by atoms with Gasteiger partial charge in [0.15, 0.2) is 17.0 Å². The Balaban J connectivity index is 2.03. The van der Waals surface area contributed by atoms with Crippen LogP contribution in [0.2, 0.25) is 0 Å². The second-order valence-electron chi connectivity index (χ2n) is 5.78. The summed E-state index contributed by atoms with van der Waals surface area (Å²) in [6, 6.07) is 2.93. The van der Waals surface area contributed by atoms with Gasteiger partial charge in [-0.1, -0.05) is 0 Å². The van der Waals surface area contributed by atoms with E-state index in [0.29, 0.717) is 55.2 Å². The summed E-state index contributed by atoms with van der Waals surface area (Å²) in [5.74, 6) is 0.0708. The van der Waals surface area contributed by atoms with E-state index in [1.165, 1.54) is 12.1 Å². The molecule has 2 aliphatic heterocycles. The fourth-order valence-electron chi connectivity index (χ4n) is 3.23. The number of nitrogens with zero attached hydrogens (tertiary/aromatic N) is 2. The van der Waals surface area contributed by atoms with Crippen molar-refractivity contribution in [2.24, 2.45) is 0 Å². The van der Waals surface area contributed by atoms with E-state index in [9.17, 15) is 9.18 Å². The lowest BCUT2D eigenvalue weighted by Gasteiger charge is -2.34. The van der Waals surface area contributed by atoms with Crippen molar-refractivity contribution in [1.29, 1.82) is 0 Å². The number of aromatic nitrogens is 1. The van der Waals surface area contributed by atoms with Crippen LogP contribution in [-0.4, -0.2) is 37.5 Å². The summed E-state index contributed by atoms with van der Waals surface area (Å²) in [7, 11) is 0. The van der Waals surface area contributed by atoms with Crippen molar-refractivity contribution < 1.29 is 13.9 Å². The number of pyridine rings is 1. The van der Waals surface area contributed by atoms with Crippen molar-refractivity contribution in [1.82, 2.24) is 4.57 Å². The monoisotopic (exact) mass is 304 g/mol. The van der Waals surface area contributed by atoms with Gasteiger partial charge in [-0.3, -0.25) is 4.79 Å². The van der Waals surface area contributed by atoms with Crippen molar-refractivity contribution in [3.63, 3.8) is 0 Å². The molecule has 1 fully saturated rings. The van der Waals surface area contributed by atoms with E-state index in [0.717, 1.165) is 0 Å². The van der Waals surface area contributed by atoms with E-state index in [1.807, 2.05) is 16.4 Å². The first-order valence-electron chi connectivity index (χ1n) is 7.49. The lowest BCUT2D eigenvalue weighted by molar-refractivity contribution is 0.122. The third-order valence-corrected chi connectivity index (χ3v) is 4.36. The van der Waals surface area contributed by atoms with Crippen LogP contribution in [-0.2, 0) is 4.74 Å². The van der Waals surface area contributed by atoms with Crippen LogP contribution in [0.25, 0.3) is 10.9 Å². The molecule has 0 N–H and O–H groups in total. The summed E-state index contributed by atoms with van der Waals surface area (Å²) in [6.45, 7) is 4.84. The van der Waals surface area contributed by atoms with Gasteiger partial charge in [-0.2, -0.15) is 0 Å². The number of benzene rings is 1. The Morgan fingerprint density at radius 3 is 2.86 bits per heavy atom. The summed E-state index contributed by atoms with van der Waals surface area (Å²) in [4.78, 5) is 14.0. The summed E-state index contributed by atoms with van der Waals surface area (Å²) >= 11 is 0. The predicted molar refractivity (Wildman–Crippen MR) is 81.4 cm³/mol. The predicted octanol–water partition coefficient (Wildman–Crippen LogP) is 1.93. The molecule has 2 aromatic rings. The fraction of sp³-hybridized carbons (Fsp3) is 0.438. The molecule has 1 saturated heterocycles. The average Bonchev–Trinajstić information content (AvgIpc) is 2.53. The first kappa shape index (κ1) is 13.6. The second kappa shape index (κ2) is 4.98. The van der Waals surface area contributed by atoms with Gasteiger partial charge in [-0.15, -0.1) is 0 Å². The number of morpholine rings is 1. The van der Waals surface area contributed by atoms with E-state index < -0.39 is 5.82 Å². The molecule has 22 heavy (non-hydrogen) atoms. The Labute approximate surface area is 126 Å². The number of anilines is 1. The Morgan fingerprint density at radius 1 is 1.32 bits per heavy atom. The van der Waals surface area contributed by atoms with E-state index in [4.69, 9.17) is 9.47 Å². The molecule has 0 aliphatic carbocycles. The average molecular weight is 304 g/mol. The second-order valence-corrected chi connectivity index (χ2v) is 5.78. The van der Waals surface area contributed by atoms with E-state index in [-0.39, 0.29) is 11.5 Å². The number of halogens is 1. The van der Waals surface area contributed by atoms with Crippen LogP contribution in [0.4, 0.5) is 10.1 Å². The molecule has 3 heterocycles. The van der Waals surface area contributed by atoms with Gasteiger partial charge in [0, 0.05) is 25.4 Å². The third kappa shape index (κ3) is 1.90. The number of rotatable bonds is 1. The molecule has 1 aromatic carbocycles. The third-order valence-electron chi connectivity index (χ3n) is 4.36. The zero-order valence-corrected chi connectivity index (χ0v) is 12.3. The van der Waals surface area contributed by atoms with Crippen LogP contribution < -0.4 is 15.1 Å². The molecule has 2 aliphatic rings. The van der Waals surface area contributed by atoms with Gasteiger partial charge in [0.2, 0.25) is 0 Å². The molecule has 6 heteroatoms. The van der Waals surface area contributed by atoms with E-state index in [1.54, 1.807) is 6.20 Å². The Hall–Kier alpha value is -2.08. The minimum Gasteiger partial charge on any atom is -0.487 e. The Morgan fingerprint density at radius 2 is 2.09 bits per heavy atom. The number of ether oxygens (including phenoxy) is 2. The van der Waals surface area contributed by atoms with Gasteiger partial charge in [-0.25, -0.2) is 4.39 Å². The maximum absolute atomic E-state index is 14.7. The standard InChI is InChI=1S/C16H17FN2O3/c1-10-9-22-16-14-11(13(20)2-3-19(10)14)8-12(17)15(16)18-4-6-21-7-5-18/h2-3,8,10H,4-7,9H2,1H3.